The van der Waals surface area contributed by atoms with Crippen LogP contribution in [0.4, 0.5) is 0 Å². The summed E-state index contributed by atoms with van der Waals surface area (Å²) in [6.07, 6.45) is 5.42. The SMILES string of the molecule is O=[N+]([O-])C=CC=Cc1ccc(I)o1. The largest absolute Gasteiger partial charge is 0.451 e. The van der Waals surface area contributed by atoms with E-state index in [0.717, 1.165) is 9.97 Å². The molecule has 0 radical (unpaired) electrons. The molecular weight excluding hydrogens is 285 g/mol. The molecule has 0 saturated carbocycles. The highest BCUT2D eigenvalue weighted by Crippen LogP contribution is 2.11. The molecule has 0 bridgehead atoms. The van der Waals surface area contributed by atoms with Crippen molar-refractivity contribution in [1.29, 1.82) is 0 Å². The Morgan fingerprint density at radius 2 is 2.23 bits per heavy atom. The lowest BCUT2D eigenvalue weighted by Crippen LogP contribution is -1.80. The van der Waals surface area contributed by atoms with Crippen LogP contribution in [0.3, 0.4) is 0 Å². The minimum atomic E-state index is -0.518. The molecule has 1 aromatic rings. The van der Waals surface area contributed by atoms with E-state index >= 15 is 0 Å². The standard InChI is InChI=1S/C8H6INO3/c9-8-5-4-7(13-8)3-1-2-6-10(11)12/h1-6H. The van der Waals surface area contributed by atoms with Crippen LogP contribution in [0.1, 0.15) is 5.76 Å². The number of hydrogen-bond donors (Lipinski definition) is 0. The minimum Gasteiger partial charge on any atom is -0.451 e. The second kappa shape index (κ2) is 4.80. The van der Waals surface area contributed by atoms with Crippen LogP contribution in [-0.4, -0.2) is 4.92 Å². The molecule has 0 saturated heterocycles. The number of furan rings is 1. The predicted molar refractivity (Wildman–Crippen MR) is 56.6 cm³/mol. The number of rotatable bonds is 3. The van der Waals surface area contributed by atoms with Crippen molar-refractivity contribution in [1.82, 2.24) is 0 Å². The lowest BCUT2D eigenvalue weighted by atomic mass is 10.4. The van der Waals surface area contributed by atoms with Gasteiger partial charge < -0.3 is 4.42 Å². The van der Waals surface area contributed by atoms with Crippen molar-refractivity contribution < 1.29 is 9.34 Å². The van der Waals surface area contributed by atoms with Gasteiger partial charge in [0.05, 0.1) is 4.92 Å². The molecule has 0 fully saturated rings. The Hall–Kier alpha value is -1.11. The number of nitro groups is 1. The average Bonchev–Trinajstić information content (AvgIpc) is 2.45. The van der Waals surface area contributed by atoms with Gasteiger partial charge in [-0.3, -0.25) is 10.1 Å². The van der Waals surface area contributed by atoms with Crippen molar-refractivity contribution in [3.63, 3.8) is 0 Å². The molecule has 0 unspecified atom stereocenters. The van der Waals surface area contributed by atoms with E-state index in [-0.39, 0.29) is 0 Å². The lowest BCUT2D eigenvalue weighted by molar-refractivity contribution is -0.402. The van der Waals surface area contributed by atoms with E-state index in [1.807, 2.05) is 28.7 Å². The first-order valence-corrected chi connectivity index (χ1v) is 4.50. The monoisotopic (exact) mass is 291 g/mol. The molecule has 0 N–H and O–H groups in total. The molecule has 0 atom stereocenters. The second-order valence-corrected chi connectivity index (χ2v) is 3.19. The zero-order valence-corrected chi connectivity index (χ0v) is 8.67. The van der Waals surface area contributed by atoms with Crippen LogP contribution in [-0.2, 0) is 0 Å². The van der Waals surface area contributed by atoms with Gasteiger partial charge in [-0.05, 0) is 40.8 Å². The summed E-state index contributed by atoms with van der Waals surface area (Å²) < 4.78 is 5.97. The molecule has 0 spiro atoms. The summed E-state index contributed by atoms with van der Waals surface area (Å²) >= 11 is 2.05. The minimum absolute atomic E-state index is 0.518. The van der Waals surface area contributed by atoms with E-state index < -0.39 is 4.92 Å². The van der Waals surface area contributed by atoms with E-state index in [0.29, 0.717) is 5.76 Å². The van der Waals surface area contributed by atoms with E-state index in [1.54, 1.807) is 18.2 Å². The third kappa shape index (κ3) is 3.88. The third-order valence-corrected chi connectivity index (χ3v) is 1.75. The number of nitrogens with zero attached hydrogens (tertiary/aromatic N) is 1. The maximum absolute atomic E-state index is 9.87. The molecule has 5 heteroatoms. The van der Waals surface area contributed by atoms with Crippen molar-refractivity contribution in [3.05, 3.63) is 50.1 Å². The fourth-order valence-corrected chi connectivity index (χ4v) is 1.12. The number of hydrogen-bond acceptors (Lipinski definition) is 3. The fourth-order valence-electron chi connectivity index (χ4n) is 0.688. The molecule has 0 aliphatic heterocycles. The first-order chi connectivity index (χ1) is 6.18. The molecule has 0 aromatic carbocycles. The van der Waals surface area contributed by atoms with Crippen LogP contribution in [0, 0.1) is 13.9 Å². The van der Waals surface area contributed by atoms with Crippen LogP contribution in [0.25, 0.3) is 6.08 Å². The molecule has 13 heavy (non-hydrogen) atoms. The van der Waals surface area contributed by atoms with Crippen molar-refractivity contribution in [2.75, 3.05) is 0 Å². The van der Waals surface area contributed by atoms with Crippen molar-refractivity contribution in [2.45, 2.75) is 0 Å². The lowest BCUT2D eigenvalue weighted by Gasteiger charge is -1.80. The Balaban J connectivity index is 2.54. The van der Waals surface area contributed by atoms with Crippen molar-refractivity contribution >= 4 is 28.7 Å². The summed E-state index contributed by atoms with van der Waals surface area (Å²) in [5.74, 6) is 0.678. The number of halogens is 1. The molecular formula is C8H6INO3. The van der Waals surface area contributed by atoms with Gasteiger partial charge in [0.1, 0.15) is 5.76 Å². The molecule has 68 valence electrons. The van der Waals surface area contributed by atoms with Crippen molar-refractivity contribution in [2.24, 2.45) is 0 Å². The maximum atomic E-state index is 9.87. The van der Waals surface area contributed by atoms with Gasteiger partial charge in [-0.1, -0.05) is 6.08 Å². The summed E-state index contributed by atoms with van der Waals surface area (Å²) in [7, 11) is 0. The third-order valence-electron chi connectivity index (χ3n) is 1.17. The summed E-state index contributed by atoms with van der Waals surface area (Å²) in [5.41, 5.74) is 0. The first-order valence-electron chi connectivity index (χ1n) is 3.42. The molecule has 1 aromatic heterocycles. The van der Waals surface area contributed by atoms with E-state index in [4.69, 9.17) is 4.42 Å². The summed E-state index contributed by atoms with van der Waals surface area (Å²) in [6, 6.07) is 3.61. The highest BCUT2D eigenvalue weighted by molar-refractivity contribution is 14.1. The van der Waals surface area contributed by atoms with Gasteiger partial charge in [-0.2, -0.15) is 0 Å². The molecule has 1 heterocycles. The average molecular weight is 291 g/mol. The smallest absolute Gasteiger partial charge is 0.234 e. The van der Waals surface area contributed by atoms with Gasteiger partial charge >= 0.3 is 0 Å². The van der Waals surface area contributed by atoms with E-state index in [9.17, 15) is 10.1 Å². The van der Waals surface area contributed by atoms with Crippen LogP contribution in [0.2, 0.25) is 0 Å². The maximum Gasteiger partial charge on any atom is 0.234 e. The van der Waals surface area contributed by atoms with Gasteiger partial charge in [0.2, 0.25) is 6.20 Å². The highest BCUT2D eigenvalue weighted by Gasteiger charge is 1.92. The van der Waals surface area contributed by atoms with Gasteiger partial charge in [0.25, 0.3) is 0 Å². The summed E-state index contributed by atoms with van der Waals surface area (Å²) in [6.45, 7) is 0. The van der Waals surface area contributed by atoms with Crippen molar-refractivity contribution in [3.8, 4) is 0 Å². The quantitative estimate of drug-likeness (QED) is 0.372. The zero-order valence-electron chi connectivity index (χ0n) is 6.51. The molecule has 0 aliphatic carbocycles. The molecule has 1 rings (SSSR count). The van der Waals surface area contributed by atoms with Crippen LogP contribution in [0.5, 0.6) is 0 Å². The first kappa shape index (κ1) is 9.97. The summed E-state index contributed by atoms with van der Waals surface area (Å²) in [4.78, 5) is 9.36. The topological polar surface area (TPSA) is 56.3 Å². The van der Waals surface area contributed by atoms with Gasteiger partial charge in [0, 0.05) is 6.08 Å². The highest BCUT2D eigenvalue weighted by atomic mass is 127. The molecule has 4 nitrogen and oxygen atoms in total. The Morgan fingerprint density at radius 3 is 2.77 bits per heavy atom. The molecule has 0 aliphatic rings. The Bertz CT molecular complexity index is 354. The van der Waals surface area contributed by atoms with E-state index in [2.05, 4.69) is 0 Å². The Kier molecular flexibility index (Phi) is 3.69. The van der Waals surface area contributed by atoms with Crippen LogP contribution < -0.4 is 0 Å². The van der Waals surface area contributed by atoms with Gasteiger partial charge in [-0.15, -0.1) is 0 Å². The zero-order chi connectivity index (χ0) is 9.68. The fraction of sp³-hybridized carbons (Fsp3) is 0. The van der Waals surface area contributed by atoms with Gasteiger partial charge in [0.15, 0.2) is 3.77 Å². The van der Waals surface area contributed by atoms with Gasteiger partial charge in [-0.25, -0.2) is 0 Å². The normalized spacial score (nSPS) is 11.5. The Morgan fingerprint density at radius 1 is 1.46 bits per heavy atom. The Labute approximate surface area is 88.2 Å². The van der Waals surface area contributed by atoms with Crippen LogP contribution >= 0.6 is 22.6 Å². The van der Waals surface area contributed by atoms with E-state index in [1.165, 1.54) is 6.08 Å². The summed E-state index contributed by atoms with van der Waals surface area (Å²) in [5, 5.41) is 9.87. The van der Waals surface area contributed by atoms with Crippen LogP contribution in [0.15, 0.2) is 34.9 Å². The number of allylic oxidation sites excluding steroid dienone is 2. The second-order valence-electron chi connectivity index (χ2n) is 2.13. The predicted octanol–water partition coefficient (Wildman–Crippen LogP) is 2.69. The molecule has 0 amide bonds.